The summed E-state index contributed by atoms with van der Waals surface area (Å²) in [7, 11) is 0. The molecule has 1 aliphatic carbocycles. The number of anilines is 2. The second-order valence-corrected chi connectivity index (χ2v) is 8.47. The van der Waals surface area contributed by atoms with Gasteiger partial charge >= 0.3 is 0 Å². The van der Waals surface area contributed by atoms with Crippen molar-refractivity contribution in [1.82, 2.24) is 14.1 Å². The van der Waals surface area contributed by atoms with Crippen molar-refractivity contribution in [3.8, 4) is 5.75 Å². The first-order valence-electron chi connectivity index (χ1n) is 10.5. The van der Waals surface area contributed by atoms with Crippen LogP contribution in [0.1, 0.15) is 37.7 Å². The number of aryl methyl sites for hydroxylation is 2. The lowest BCUT2D eigenvalue weighted by atomic mass is 9.94. The lowest BCUT2D eigenvalue weighted by Crippen LogP contribution is -2.41. The lowest BCUT2D eigenvalue weighted by molar-refractivity contribution is 0.143. The molecule has 7 nitrogen and oxygen atoms in total. The molecule has 0 bridgehead atoms. The van der Waals surface area contributed by atoms with E-state index in [9.17, 15) is 4.79 Å². The predicted octanol–water partition coefficient (Wildman–Crippen LogP) is 3.39. The van der Waals surface area contributed by atoms with Crippen LogP contribution in [0.3, 0.4) is 0 Å². The Balaban J connectivity index is 1.59. The van der Waals surface area contributed by atoms with Gasteiger partial charge in [0.1, 0.15) is 12.3 Å². The van der Waals surface area contributed by atoms with E-state index in [1.807, 2.05) is 17.0 Å². The summed E-state index contributed by atoms with van der Waals surface area (Å²) in [6.45, 7) is 3.55. The van der Waals surface area contributed by atoms with Crippen molar-refractivity contribution in [2.75, 3.05) is 24.2 Å². The van der Waals surface area contributed by atoms with Gasteiger partial charge in [-0.15, -0.1) is 0 Å². The standard InChI is InChI=1S/C22H26FN5O2/c1-14-11-28-19-15(20(14)29)17(24)16(23)18(26-7-4-9-27-10-8-25-13-27)21(19)30-12-22(28)5-2-3-6-22/h8,10-11,13,26H,2-7,9,12,24H2,1H3. The van der Waals surface area contributed by atoms with Crippen LogP contribution in [0.5, 0.6) is 5.75 Å². The van der Waals surface area contributed by atoms with Gasteiger partial charge in [-0.1, -0.05) is 12.8 Å². The van der Waals surface area contributed by atoms with Gasteiger partial charge in [0.05, 0.1) is 28.5 Å². The highest BCUT2D eigenvalue weighted by Gasteiger charge is 2.42. The highest BCUT2D eigenvalue weighted by Crippen LogP contribution is 2.48. The van der Waals surface area contributed by atoms with Crippen LogP contribution in [-0.4, -0.2) is 27.3 Å². The number of halogens is 1. The van der Waals surface area contributed by atoms with E-state index >= 15 is 4.39 Å². The quantitative estimate of drug-likeness (QED) is 0.496. The van der Waals surface area contributed by atoms with Crippen LogP contribution in [0, 0.1) is 12.7 Å². The van der Waals surface area contributed by atoms with E-state index in [0.717, 1.165) is 38.6 Å². The van der Waals surface area contributed by atoms with Crippen molar-refractivity contribution >= 4 is 22.3 Å². The molecule has 0 unspecified atom stereocenters. The Morgan fingerprint density at radius 1 is 1.37 bits per heavy atom. The Morgan fingerprint density at radius 2 is 2.17 bits per heavy atom. The number of pyridine rings is 1. The summed E-state index contributed by atoms with van der Waals surface area (Å²) < 4.78 is 25.6. The van der Waals surface area contributed by atoms with E-state index in [2.05, 4.69) is 14.9 Å². The molecule has 1 aromatic carbocycles. The number of aromatic nitrogens is 3. The zero-order chi connectivity index (χ0) is 20.9. The van der Waals surface area contributed by atoms with E-state index in [4.69, 9.17) is 10.5 Å². The van der Waals surface area contributed by atoms with Crippen LogP contribution >= 0.6 is 0 Å². The van der Waals surface area contributed by atoms with Crippen LogP contribution in [0.2, 0.25) is 0 Å². The molecule has 0 saturated heterocycles. The fourth-order valence-electron chi connectivity index (χ4n) is 4.94. The van der Waals surface area contributed by atoms with Gasteiger partial charge in [0, 0.05) is 37.2 Å². The summed E-state index contributed by atoms with van der Waals surface area (Å²) in [5.74, 6) is -0.217. The number of rotatable bonds is 5. The highest BCUT2D eigenvalue weighted by atomic mass is 19.1. The third-order valence-corrected chi connectivity index (χ3v) is 6.54. The maximum Gasteiger partial charge on any atom is 0.194 e. The monoisotopic (exact) mass is 411 g/mol. The number of imidazole rings is 1. The first kappa shape index (κ1) is 19.0. The van der Waals surface area contributed by atoms with Crippen LogP contribution < -0.4 is 21.2 Å². The van der Waals surface area contributed by atoms with E-state index in [0.29, 0.717) is 30.0 Å². The Bertz CT molecular complexity index is 1160. The third kappa shape index (κ3) is 2.77. The predicted molar refractivity (Wildman–Crippen MR) is 115 cm³/mol. The molecule has 158 valence electrons. The van der Waals surface area contributed by atoms with Crippen molar-refractivity contribution in [2.24, 2.45) is 0 Å². The molecule has 2 aliphatic rings. The molecule has 8 heteroatoms. The molecule has 3 aromatic rings. The SMILES string of the molecule is Cc1cn2c3c(c(NCCCn4ccnc4)c(F)c(N)c3c1=O)OCC21CCCC1. The van der Waals surface area contributed by atoms with Crippen LogP contribution in [0.4, 0.5) is 15.8 Å². The Labute approximate surface area is 173 Å². The number of benzene rings is 1. The number of nitrogens with zero attached hydrogens (tertiary/aromatic N) is 3. The molecular formula is C22H26FN5O2. The Kier molecular flexibility index (Phi) is 4.45. The van der Waals surface area contributed by atoms with Gasteiger partial charge in [0.15, 0.2) is 17.0 Å². The van der Waals surface area contributed by atoms with Crippen molar-refractivity contribution < 1.29 is 9.13 Å². The van der Waals surface area contributed by atoms with Crippen molar-refractivity contribution in [1.29, 1.82) is 0 Å². The summed E-state index contributed by atoms with van der Waals surface area (Å²) >= 11 is 0. The average Bonchev–Trinajstić information content (AvgIpc) is 3.42. The largest absolute Gasteiger partial charge is 0.487 e. The zero-order valence-electron chi connectivity index (χ0n) is 17.1. The zero-order valence-corrected chi connectivity index (χ0v) is 17.1. The molecule has 3 N–H and O–H groups in total. The smallest absolute Gasteiger partial charge is 0.194 e. The Morgan fingerprint density at radius 3 is 2.90 bits per heavy atom. The van der Waals surface area contributed by atoms with Crippen LogP contribution in [-0.2, 0) is 12.1 Å². The number of nitrogen functional groups attached to an aromatic ring is 1. The van der Waals surface area contributed by atoms with Crippen LogP contribution in [0.15, 0.2) is 29.7 Å². The molecule has 1 saturated carbocycles. The second-order valence-electron chi connectivity index (χ2n) is 8.47. The number of hydrogen-bond donors (Lipinski definition) is 2. The minimum Gasteiger partial charge on any atom is -0.487 e. The lowest BCUT2D eigenvalue weighted by Gasteiger charge is -2.39. The minimum atomic E-state index is -0.614. The molecule has 30 heavy (non-hydrogen) atoms. The van der Waals surface area contributed by atoms with Crippen molar-refractivity contribution in [3.63, 3.8) is 0 Å². The van der Waals surface area contributed by atoms with Gasteiger partial charge < -0.3 is 24.9 Å². The van der Waals surface area contributed by atoms with Gasteiger partial charge in [0.2, 0.25) is 0 Å². The fourth-order valence-corrected chi connectivity index (χ4v) is 4.94. The van der Waals surface area contributed by atoms with Gasteiger partial charge in [-0.05, 0) is 26.2 Å². The molecular weight excluding hydrogens is 385 g/mol. The number of hydrogen-bond acceptors (Lipinski definition) is 5. The van der Waals surface area contributed by atoms with E-state index in [-0.39, 0.29) is 27.7 Å². The number of ether oxygens (including phenoxy) is 1. The summed E-state index contributed by atoms with van der Waals surface area (Å²) in [6, 6.07) is 0. The van der Waals surface area contributed by atoms with Gasteiger partial charge in [-0.3, -0.25) is 4.79 Å². The minimum absolute atomic E-state index is 0.105. The first-order valence-corrected chi connectivity index (χ1v) is 10.5. The number of nitrogens with two attached hydrogens (primary N) is 1. The summed E-state index contributed by atoms with van der Waals surface area (Å²) in [6.07, 6.45) is 12.2. The summed E-state index contributed by atoms with van der Waals surface area (Å²) in [5.41, 5.74) is 7.10. The van der Waals surface area contributed by atoms with Gasteiger partial charge in [-0.2, -0.15) is 0 Å². The third-order valence-electron chi connectivity index (χ3n) is 6.54. The molecule has 1 fully saturated rings. The molecule has 3 heterocycles. The molecule has 1 aliphatic heterocycles. The molecule has 0 radical (unpaired) electrons. The highest BCUT2D eigenvalue weighted by molar-refractivity contribution is 6.00. The first-order chi connectivity index (χ1) is 14.5. The summed E-state index contributed by atoms with van der Waals surface area (Å²) in [5, 5.41) is 3.41. The van der Waals surface area contributed by atoms with Crippen LogP contribution in [0.25, 0.3) is 10.9 Å². The average molecular weight is 411 g/mol. The molecule has 0 atom stereocenters. The normalized spacial score (nSPS) is 16.9. The van der Waals surface area contributed by atoms with Gasteiger partial charge in [-0.25, -0.2) is 9.37 Å². The summed E-state index contributed by atoms with van der Waals surface area (Å²) in [4.78, 5) is 16.9. The van der Waals surface area contributed by atoms with Crippen molar-refractivity contribution in [3.05, 3.63) is 46.5 Å². The number of nitrogens with one attached hydrogen (secondary N) is 1. The Hall–Kier alpha value is -3.03. The molecule has 1 spiro atoms. The molecule has 5 rings (SSSR count). The van der Waals surface area contributed by atoms with Gasteiger partial charge in [0.25, 0.3) is 0 Å². The van der Waals surface area contributed by atoms with E-state index in [1.54, 1.807) is 19.4 Å². The number of fused-ring (bicyclic) bond motifs is 1. The molecule has 0 amide bonds. The molecule has 2 aromatic heterocycles. The maximum absolute atomic E-state index is 15.3. The van der Waals surface area contributed by atoms with E-state index < -0.39 is 5.82 Å². The van der Waals surface area contributed by atoms with Crippen molar-refractivity contribution in [2.45, 2.75) is 51.1 Å². The fraction of sp³-hybridized carbons (Fsp3) is 0.455. The topological polar surface area (TPSA) is 87.1 Å². The van der Waals surface area contributed by atoms with E-state index in [1.165, 1.54) is 0 Å². The second kappa shape index (κ2) is 7.04. The maximum atomic E-state index is 15.3.